The van der Waals surface area contributed by atoms with E-state index >= 15 is 0 Å². The number of nitro groups is 1. The molecule has 0 N–H and O–H groups in total. The zero-order valence-corrected chi connectivity index (χ0v) is 31.6. The maximum absolute atomic E-state index is 10.9. The summed E-state index contributed by atoms with van der Waals surface area (Å²) < 4.78 is 41.3. The van der Waals surface area contributed by atoms with Crippen molar-refractivity contribution in [2.45, 2.75) is 0 Å². The predicted octanol–water partition coefficient (Wildman–Crippen LogP) is 8.98. The number of rotatable bonds is 12. The van der Waals surface area contributed by atoms with Crippen molar-refractivity contribution < 1.29 is 33.3 Å². The monoisotopic (exact) mass is 742 g/mol. The van der Waals surface area contributed by atoms with Gasteiger partial charge in [0.1, 0.15) is 11.5 Å². The van der Waals surface area contributed by atoms with E-state index in [2.05, 4.69) is 37.9 Å². The highest BCUT2D eigenvalue weighted by Gasteiger charge is 2.21. The molecule has 4 aromatic carbocycles. The summed E-state index contributed by atoms with van der Waals surface area (Å²) in [5.74, 6) is 3.77. The Kier molecular flexibility index (Phi) is 12.2. The van der Waals surface area contributed by atoms with Crippen LogP contribution in [0.4, 0.5) is 11.4 Å². The molecule has 52 heavy (non-hydrogen) atoms. The Morgan fingerprint density at radius 3 is 1.25 bits per heavy atom. The van der Waals surface area contributed by atoms with Gasteiger partial charge in [-0.2, -0.15) is 8.75 Å². The van der Waals surface area contributed by atoms with Crippen LogP contribution in [-0.4, -0.2) is 70.4 Å². The normalized spacial score (nSPS) is 10.5. The van der Waals surface area contributed by atoms with E-state index in [1.807, 2.05) is 38.5 Å². The Morgan fingerprint density at radius 2 is 0.904 bits per heavy atom. The summed E-state index contributed by atoms with van der Waals surface area (Å²) in [5, 5.41) is 10.9. The molecule has 12 nitrogen and oxygen atoms in total. The minimum absolute atomic E-state index is 0.0437. The van der Waals surface area contributed by atoms with E-state index in [9.17, 15) is 10.1 Å². The van der Waals surface area contributed by atoms with Crippen molar-refractivity contribution in [1.82, 2.24) is 8.75 Å². The topological polar surface area (TPSA) is 128 Å². The van der Waals surface area contributed by atoms with Gasteiger partial charge in [-0.1, -0.05) is 12.1 Å². The molecule has 0 fully saturated rings. The first kappa shape index (κ1) is 37.4. The second-order valence-electron chi connectivity index (χ2n) is 11.2. The van der Waals surface area contributed by atoms with Crippen LogP contribution in [0.1, 0.15) is 0 Å². The molecule has 0 amide bonds. The molecule has 0 saturated carbocycles. The van der Waals surface area contributed by atoms with Crippen LogP contribution in [0.2, 0.25) is 0 Å². The Balaban J connectivity index is 0.000000201. The Hall–Kier alpha value is -5.86. The average molecular weight is 743 g/mol. The number of aromatic nitrogens is 2. The van der Waals surface area contributed by atoms with E-state index < -0.39 is 4.92 Å². The van der Waals surface area contributed by atoms with Crippen LogP contribution >= 0.6 is 23.1 Å². The van der Waals surface area contributed by atoms with E-state index in [-0.39, 0.29) is 5.69 Å². The summed E-state index contributed by atoms with van der Waals surface area (Å²) in [7, 11) is 13.7. The zero-order chi connectivity index (χ0) is 37.4. The maximum Gasteiger partial charge on any atom is 0.269 e. The summed E-state index contributed by atoms with van der Waals surface area (Å²) in [4.78, 5) is 14.4. The van der Waals surface area contributed by atoms with E-state index in [1.54, 1.807) is 67.1 Å². The molecular weight excluding hydrogens is 705 g/mol. The predicted molar refractivity (Wildman–Crippen MR) is 206 cm³/mol. The number of methoxy groups -OCH3 is 6. The van der Waals surface area contributed by atoms with E-state index in [4.69, 9.17) is 28.4 Å². The Labute approximate surface area is 310 Å². The smallest absolute Gasteiger partial charge is 0.269 e. The van der Waals surface area contributed by atoms with Gasteiger partial charge in [0, 0.05) is 78.7 Å². The molecule has 0 radical (unpaired) electrons. The van der Waals surface area contributed by atoms with Crippen LogP contribution in [0.25, 0.3) is 43.1 Å². The molecule has 270 valence electrons. The van der Waals surface area contributed by atoms with Crippen molar-refractivity contribution in [2.75, 3.05) is 61.7 Å². The largest absolute Gasteiger partial charge is 0.496 e. The molecule has 14 heteroatoms. The zero-order valence-electron chi connectivity index (χ0n) is 30.0. The summed E-state index contributed by atoms with van der Waals surface area (Å²) in [6, 6.07) is 22.1. The molecule has 0 bridgehead atoms. The highest BCUT2D eigenvalue weighted by molar-refractivity contribution is 7.10. The van der Waals surface area contributed by atoms with Crippen LogP contribution < -0.4 is 33.3 Å². The lowest BCUT2D eigenvalue weighted by molar-refractivity contribution is -0.384. The quantitative estimate of drug-likeness (QED) is 0.0881. The lowest BCUT2D eigenvalue weighted by Gasteiger charge is -2.15. The van der Waals surface area contributed by atoms with Crippen molar-refractivity contribution in [3.8, 4) is 77.6 Å². The van der Waals surface area contributed by atoms with Crippen LogP contribution in [0.3, 0.4) is 0 Å². The number of hydrogen-bond donors (Lipinski definition) is 0. The molecule has 0 spiro atoms. The third kappa shape index (κ3) is 7.87. The number of ether oxygens (including phenoxy) is 6. The van der Waals surface area contributed by atoms with Gasteiger partial charge in [0.25, 0.3) is 5.69 Å². The van der Waals surface area contributed by atoms with Gasteiger partial charge in [0.15, 0.2) is 23.0 Å². The van der Waals surface area contributed by atoms with Gasteiger partial charge >= 0.3 is 0 Å². The van der Waals surface area contributed by atoms with Gasteiger partial charge < -0.3 is 33.3 Å². The van der Waals surface area contributed by atoms with Gasteiger partial charge in [-0.15, -0.1) is 0 Å². The third-order valence-corrected chi connectivity index (χ3v) is 9.79. The molecule has 0 unspecified atom stereocenters. The third-order valence-electron chi connectivity index (χ3n) is 8.13. The fourth-order valence-corrected chi connectivity index (χ4v) is 6.97. The number of hydrogen-bond acceptors (Lipinski definition) is 13. The van der Waals surface area contributed by atoms with Crippen LogP contribution in [-0.2, 0) is 0 Å². The van der Waals surface area contributed by atoms with Crippen molar-refractivity contribution in [2.24, 2.45) is 0 Å². The van der Waals surface area contributed by atoms with Gasteiger partial charge in [-0.25, -0.2) is 0 Å². The van der Waals surface area contributed by atoms with Crippen molar-refractivity contribution in [3.63, 3.8) is 0 Å². The molecule has 6 rings (SSSR count). The standard InChI is InChI=1S/C20H22N2O3S.C18H16N2O5S/c1-22(2)14-8-6-13(7-9-14)16-12-21-26-20(16)15-10-18(24-4)19(25-5)11-17(15)23-3;1-23-15-9-17(25-3)16(24-2)8-13(15)18-14(10-19-26-18)11-4-6-12(7-5-11)20(21)22/h6-12H,1-5H3;4-10H,1-3H3. The van der Waals surface area contributed by atoms with Crippen molar-refractivity contribution in [1.29, 1.82) is 0 Å². The first-order valence-electron chi connectivity index (χ1n) is 15.7. The lowest BCUT2D eigenvalue weighted by Crippen LogP contribution is -2.07. The molecule has 0 atom stereocenters. The van der Waals surface area contributed by atoms with Gasteiger partial charge in [-0.3, -0.25) is 10.1 Å². The molecule has 0 aliphatic carbocycles. The first-order chi connectivity index (χ1) is 25.2. The summed E-state index contributed by atoms with van der Waals surface area (Å²) >= 11 is 2.74. The Bertz CT molecular complexity index is 2130. The second kappa shape index (κ2) is 16.9. The lowest BCUT2D eigenvalue weighted by atomic mass is 10.0. The highest BCUT2D eigenvalue weighted by Crippen LogP contribution is 2.46. The number of non-ortho nitro benzene ring substituents is 1. The minimum Gasteiger partial charge on any atom is -0.496 e. The van der Waals surface area contributed by atoms with E-state index in [0.29, 0.717) is 28.7 Å². The number of nitrogens with zero attached hydrogens (tertiary/aromatic N) is 4. The van der Waals surface area contributed by atoms with Crippen LogP contribution in [0, 0.1) is 10.1 Å². The highest BCUT2D eigenvalue weighted by atomic mass is 32.1. The Morgan fingerprint density at radius 1 is 0.538 bits per heavy atom. The second-order valence-corrected chi connectivity index (χ2v) is 12.8. The molecule has 2 heterocycles. The van der Waals surface area contributed by atoms with Crippen molar-refractivity contribution >= 4 is 34.4 Å². The first-order valence-corrected chi connectivity index (χ1v) is 17.2. The molecule has 6 aromatic rings. The SMILES string of the molecule is COc1cc(OC)c(-c2sncc2-c2ccc(N(C)C)cc2)cc1OC.COc1cc(OC)c(-c2sncc2-c2ccc([N+](=O)[O-])cc2)cc1OC. The maximum atomic E-state index is 10.9. The van der Waals surface area contributed by atoms with Crippen LogP contribution in [0.5, 0.6) is 34.5 Å². The minimum atomic E-state index is -0.423. The molecule has 0 aliphatic heterocycles. The van der Waals surface area contributed by atoms with Crippen molar-refractivity contribution in [3.05, 3.63) is 95.3 Å². The molecule has 0 saturated heterocycles. The summed E-state index contributed by atoms with van der Waals surface area (Å²) in [6.45, 7) is 0. The van der Waals surface area contributed by atoms with Gasteiger partial charge in [0.2, 0.25) is 0 Å². The molecule has 2 aromatic heterocycles. The molecule has 0 aliphatic rings. The van der Waals surface area contributed by atoms with Gasteiger partial charge in [-0.05, 0) is 70.6 Å². The fourth-order valence-electron chi connectivity index (χ4n) is 5.39. The molecular formula is C38H38N4O8S2. The number of benzene rings is 4. The average Bonchev–Trinajstić information content (AvgIpc) is 3.88. The summed E-state index contributed by atoms with van der Waals surface area (Å²) in [5.41, 5.74) is 6.79. The van der Waals surface area contributed by atoms with Crippen LogP contribution in [0.15, 0.2) is 85.2 Å². The van der Waals surface area contributed by atoms with E-state index in [1.165, 1.54) is 35.2 Å². The fraction of sp³-hybridized carbons (Fsp3) is 0.211. The van der Waals surface area contributed by atoms with Gasteiger partial charge in [0.05, 0.1) is 57.3 Å². The summed E-state index contributed by atoms with van der Waals surface area (Å²) in [6.07, 6.45) is 3.62. The number of nitro benzene ring substituents is 1. The van der Waals surface area contributed by atoms with E-state index in [0.717, 1.165) is 54.6 Å². The number of anilines is 1.